The monoisotopic (exact) mass is 291 g/mol. The first-order chi connectivity index (χ1) is 9.59. The van der Waals surface area contributed by atoms with Gasteiger partial charge in [0.2, 0.25) is 5.15 Å². The first-order valence-corrected chi connectivity index (χ1v) is 6.95. The van der Waals surface area contributed by atoms with Gasteiger partial charge < -0.3 is 0 Å². The molecule has 1 fully saturated rings. The Balaban J connectivity index is 2.13. The summed E-state index contributed by atoms with van der Waals surface area (Å²) in [6.07, 6.45) is 2.26. The number of aromatic nitrogens is 2. The predicted octanol–water partition coefficient (Wildman–Crippen LogP) is 4.08. The second-order valence-corrected chi connectivity index (χ2v) is 5.49. The second-order valence-electron chi connectivity index (χ2n) is 5.13. The Labute approximate surface area is 121 Å². The Morgan fingerprint density at radius 1 is 1.40 bits per heavy atom. The van der Waals surface area contributed by atoms with E-state index >= 15 is 0 Å². The summed E-state index contributed by atoms with van der Waals surface area (Å²) in [6, 6.07) is 9.22. The van der Waals surface area contributed by atoms with Crippen molar-refractivity contribution in [3.8, 4) is 11.3 Å². The van der Waals surface area contributed by atoms with Crippen molar-refractivity contribution in [3.63, 3.8) is 0 Å². The van der Waals surface area contributed by atoms with Crippen LogP contribution in [0.2, 0.25) is 5.15 Å². The van der Waals surface area contributed by atoms with Crippen LogP contribution in [0.3, 0.4) is 0 Å². The molecule has 3 rings (SSSR count). The summed E-state index contributed by atoms with van der Waals surface area (Å²) >= 11 is 6.20. The maximum atomic E-state index is 11.3. The Hall–Kier alpha value is -1.88. The van der Waals surface area contributed by atoms with Crippen LogP contribution in [0, 0.1) is 16.0 Å². The van der Waals surface area contributed by atoms with Crippen molar-refractivity contribution in [2.24, 2.45) is 5.92 Å². The summed E-state index contributed by atoms with van der Waals surface area (Å²) in [5, 5.41) is 15.8. The van der Waals surface area contributed by atoms with Crippen LogP contribution in [0.5, 0.6) is 0 Å². The Morgan fingerprint density at radius 2 is 2.05 bits per heavy atom. The van der Waals surface area contributed by atoms with E-state index in [1.807, 2.05) is 25.1 Å². The average Bonchev–Trinajstić information content (AvgIpc) is 3.22. The summed E-state index contributed by atoms with van der Waals surface area (Å²) in [4.78, 5) is 10.9. The number of rotatable bonds is 4. The zero-order valence-corrected chi connectivity index (χ0v) is 11.7. The fourth-order valence-electron chi connectivity index (χ4n) is 2.41. The molecular formula is C14H14ClN3O2. The first-order valence-electron chi connectivity index (χ1n) is 6.57. The fourth-order valence-corrected chi connectivity index (χ4v) is 2.76. The molecule has 1 heterocycles. The minimum absolute atomic E-state index is 0.0960. The van der Waals surface area contributed by atoms with Crippen LogP contribution < -0.4 is 0 Å². The molecule has 0 amide bonds. The van der Waals surface area contributed by atoms with Gasteiger partial charge in [-0.25, -0.2) is 4.68 Å². The van der Waals surface area contributed by atoms with Gasteiger partial charge in [-0.15, -0.1) is 0 Å². The van der Waals surface area contributed by atoms with Gasteiger partial charge in [0.1, 0.15) is 0 Å². The molecule has 5 nitrogen and oxygen atoms in total. The van der Waals surface area contributed by atoms with Gasteiger partial charge >= 0.3 is 5.69 Å². The largest absolute Gasteiger partial charge is 0.333 e. The lowest BCUT2D eigenvalue weighted by molar-refractivity contribution is -0.384. The van der Waals surface area contributed by atoms with Gasteiger partial charge in [0.05, 0.1) is 11.0 Å². The summed E-state index contributed by atoms with van der Waals surface area (Å²) in [5.74, 6) is 0.524. The van der Waals surface area contributed by atoms with E-state index in [9.17, 15) is 10.1 Å². The van der Waals surface area contributed by atoms with E-state index in [1.54, 1.807) is 16.8 Å². The molecule has 1 atom stereocenters. The molecule has 0 spiro atoms. The molecule has 0 N–H and O–H groups in total. The van der Waals surface area contributed by atoms with E-state index in [-0.39, 0.29) is 16.9 Å². The SMILES string of the molecule is CC(C1CC1)n1nc(-c2ccccc2)c([N+](=O)[O-])c1Cl. The van der Waals surface area contributed by atoms with Crippen LogP contribution in [-0.2, 0) is 0 Å². The molecule has 0 radical (unpaired) electrons. The maximum Gasteiger partial charge on any atom is 0.333 e. The quantitative estimate of drug-likeness (QED) is 0.630. The van der Waals surface area contributed by atoms with Crippen molar-refractivity contribution < 1.29 is 4.92 Å². The van der Waals surface area contributed by atoms with E-state index in [4.69, 9.17) is 11.6 Å². The number of hydrogen-bond acceptors (Lipinski definition) is 3. The van der Waals surface area contributed by atoms with Gasteiger partial charge in [-0.05, 0) is 25.7 Å². The highest BCUT2D eigenvalue weighted by molar-refractivity contribution is 6.32. The van der Waals surface area contributed by atoms with Crippen LogP contribution in [0.25, 0.3) is 11.3 Å². The molecular weight excluding hydrogens is 278 g/mol. The highest BCUT2D eigenvalue weighted by Crippen LogP contribution is 2.44. The van der Waals surface area contributed by atoms with Crippen LogP contribution >= 0.6 is 11.6 Å². The molecule has 0 bridgehead atoms. The summed E-state index contributed by atoms with van der Waals surface area (Å²) in [6.45, 7) is 2.01. The molecule has 1 aliphatic carbocycles. The van der Waals surface area contributed by atoms with Gasteiger partial charge in [0.25, 0.3) is 0 Å². The number of halogens is 1. The first kappa shape index (κ1) is 13.1. The number of benzene rings is 1. The Bertz CT molecular complexity index is 650. The average molecular weight is 292 g/mol. The molecule has 1 saturated carbocycles. The zero-order chi connectivity index (χ0) is 14.3. The summed E-state index contributed by atoms with van der Waals surface area (Å²) < 4.78 is 1.60. The van der Waals surface area contributed by atoms with Crippen molar-refractivity contribution in [1.82, 2.24) is 9.78 Å². The third kappa shape index (κ3) is 2.18. The summed E-state index contributed by atoms with van der Waals surface area (Å²) in [7, 11) is 0. The van der Waals surface area contributed by atoms with Gasteiger partial charge in [0, 0.05) is 5.56 Å². The van der Waals surface area contributed by atoms with Crippen molar-refractivity contribution in [2.45, 2.75) is 25.8 Å². The standard InChI is InChI=1S/C14H14ClN3O2/c1-9(10-7-8-10)17-14(15)13(18(19)20)12(16-17)11-5-3-2-4-6-11/h2-6,9-10H,7-8H2,1H3. The van der Waals surface area contributed by atoms with Gasteiger partial charge in [-0.2, -0.15) is 5.10 Å². The molecule has 1 aromatic heterocycles. The van der Waals surface area contributed by atoms with Gasteiger partial charge in [-0.3, -0.25) is 10.1 Å². The smallest absolute Gasteiger partial charge is 0.258 e. The third-order valence-corrected chi connectivity index (χ3v) is 4.10. The number of nitro groups is 1. The minimum atomic E-state index is -0.451. The van der Waals surface area contributed by atoms with Gasteiger partial charge in [0.15, 0.2) is 5.69 Å². The van der Waals surface area contributed by atoms with Gasteiger partial charge in [-0.1, -0.05) is 41.9 Å². The normalized spacial score (nSPS) is 16.1. The lowest BCUT2D eigenvalue weighted by Gasteiger charge is -2.10. The minimum Gasteiger partial charge on any atom is -0.258 e. The van der Waals surface area contributed by atoms with Crippen molar-refractivity contribution in [3.05, 3.63) is 45.6 Å². The second kappa shape index (κ2) is 4.90. The molecule has 104 valence electrons. The molecule has 1 aliphatic rings. The fraction of sp³-hybridized carbons (Fsp3) is 0.357. The number of hydrogen-bond donors (Lipinski definition) is 0. The Kier molecular flexibility index (Phi) is 3.22. The van der Waals surface area contributed by atoms with Crippen molar-refractivity contribution in [2.75, 3.05) is 0 Å². The molecule has 2 aromatic rings. The maximum absolute atomic E-state index is 11.3. The highest BCUT2D eigenvalue weighted by atomic mass is 35.5. The molecule has 6 heteroatoms. The molecule has 1 unspecified atom stereocenters. The van der Waals surface area contributed by atoms with E-state index in [2.05, 4.69) is 5.10 Å². The van der Waals surface area contributed by atoms with E-state index in [0.717, 1.165) is 12.8 Å². The van der Waals surface area contributed by atoms with E-state index < -0.39 is 4.92 Å². The van der Waals surface area contributed by atoms with E-state index in [0.29, 0.717) is 17.2 Å². The van der Waals surface area contributed by atoms with Crippen LogP contribution in [0.4, 0.5) is 5.69 Å². The lowest BCUT2D eigenvalue weighted by atomic mass is 10.1. The zero-order valence-electron chi connectivity index (χ0n) is 11.0. The Morgan fingerprint density at radius 3 is 2.60 bits per heavy atom. The van der Waals surface area contributed by atoms with Crippen molar-refractivity contribution >= 4 is 17.3 Å². The predicted molar refractivity (Wildman–Crippen MR) is 76.8 cm³/mol. The topological polar surface area (TPSA) is 61.0 Å². The molecule has 0 aliphatic heterocycles. The third-order valence-electron chi connectivity index (χ3n) is 3.75. The van der Waals surface area contributed by atoms with E-state index in [1.165, 1.54) is 0 Å². The number of nitrogens with zero attached hydrogens (tertiary/aromatic N) is 3. The van der Waals surface area contributed by atoms with Crippen LogP contribution in [-0.4, -0.2) is 14.7 Å². The molecule has 20 heavy (non-hydrogen) atoms. The van der Waals surface area contributed by atoms with Crippen molar-refractivity contribution in [1.29, 1.82) is 0 Å². The van der Waals surface area contributed by atoms with Crippen LogP contribution in [0.15, 0.2) is 30.3 Å². The van der Waals surface area contributed by atoms with Crippen LogP contribution in [0.1, 0.15) is 25.8 Å². The highest BCUT2D eigenvalue weighted by Gasteiger charge is 2.35. The summed E-state index contributed by atoms with van der Waals surface area (Å²) in [5.41, 5.74) is 0.946. The molecule has 1 aromatic carbocycles. The molecule has 0 saturated heterocycles. The lowest BCUT2D eigenvalue weighted by Crippen LogP contribution is -2.09.